The van der Waals surface area contributed by atoms with Crippen LogP contribution in [0.2, 0.25) is 0 Å². The summed E-state index contributed by atoms with van der Waals surface area (Å²) >= 11 is 3.39. The molecular weight excluding hydrogens is 1040 g/mol. The molecule has 0 saturated carbocycles. The lowest BCUT2D eigenvalue weighted by Crippen LogP contribution is -2.56. The van der Waals surface area contributed by atoms with Gasteiger partial charge in [-0.05, 0) is 105 Å². The maximum absolute atomic E-state index is 14.1. The number of carbonyl (C=O) groups excluding carboxylic acids is 6. The maximum atomic E-state index is 14.1. The molecule has 0 aromatic heterocycles. The average molecular weight is 1120 g/mol. The monoisotopic (exact) mass is 1120 g/mol. The van der Waals surface area contributed by atoms with Gasteiger partial charge in [0.15, 0.2) is 11.6 Å². The lowest BCUT2D eigenvalue weighted by atomic mass is 9.81. The van der Waals surface area contributed by atoms with Gasteiger partial charge in [0.2, 0.25) is 23.6 Å². The van der Waals surface area contributed by atoms with Crippen molar-refractivity contribution in [2.75, 3.05) is 25.6 Å². The number of likely N-dealkylation sites (N-methyl/N-ethyl adjacent to an activating group) is 2. The summed E-state index contributed by atoms with van der Waals surface area (Å²) in [4.78, 5) is 84.9. The molecule has 0 bridgehead atoms. The molecule has 4 amide bonds. The molecule has 384 valence electrons. The van der Waals surface area contributed by atoms with Crippen molar-refractivity contribution in [3.05, 3.63) is 70.8 Å². The molecule has 0 aliphatic carbocycles. The Labute approximate surface area is 463 Å². The number of amides is 4. The van der Waals surface area contributed by atoms with E-state index in [0.717, 1.165) is 33.8 Å². The number of hydrogen-bond donors (Lipinski definition) is 4. The number of rotatable bonds is 14. The van der Waals surface area contributed by atoms with Gasteiger partial charge in [-0.3, -0.25) is 28.8 Å². The number of carbonyl (C=O) groups is 6. The summed E-state index contributed by atoms with van der Waals surface area (Å²) in [7, 11) is 3.41. The van der Waals surface area contributed by atoms with Crippen LogP contribution in [-0.4, -0.2) is 118 Å². The van der Waals surface area contributed by atoms with Crippen molar-refractivity contribution in [2.24, 2.45) is 10.8 Å². The van der Waals surface area contributed by atoms with Gasteiger partial charge in [-0.25, -0.2) is 0 Å². The van der Waals surface area contributed by atoms with Crippen LogP contribution in [0.25, 0.3) is 0 Å². The number of ketones is 2. The molecule has 0 spiro atoms. The summed E-state index contributed by atoms with van der Waals surface area (Å²) in [6.07, 6.45) is 3.58. The minimum absolute atomic E-state index is 0. The zero-order valence-electron chi connectivity index (χ0n) is 39.8. The van der Waals surface area contributed by atoms with Crippen LogP contribution >= 0.6 is 131 Å². The SMILES string of the molecule is CN[C@@H](C)C(=O)N[C@H]1CCS[C@H]2CC(C)(C)[C@@H](C(=O)Cc3ccc(Cc4ccc(CC(=O)[C@H]5N6C(=O)[C@@H](NC(=O)[C@H](C)NC)CCS[C@H]6CC5(C)C)cc4)cc3)N2C1=O.S.S.S.S.S.S.S.S. The summed E-state index contributed by atoms with van der Waals surface area (Å²) in [5.41, 5.74) is 3.13. The number of hydrogen-bond acceptors (Lipinski definition) is 10. The average Bonchev–Trinajstić information content (AvgIpc) is 3.51. The summed E-state index contributed by atoms with van der Waals surface area (Å²) in [6.45, 7) is 11.7. The van der Waals surface area contributed by atoms with Gasteiger partial charge in [0.05, 0.1) is 34.9 Å². The van der Waals surface area contributed by atoms with Gasteiger partial charge in [0.25, 0.3) is 0 Å². The predicted octanol–water partition coefficient (Wildman–Crippen LogP) is 4.77. The fourth-order valence-electron chi connectivity index (χ4n) is 9.16. The van der Waals surface area contributed by atoms with Gasteiger partial charge in [-0.15, -0.1) is 23.5 Å². The molecule has 4 heterocycles. The molecule has 4 aliphatic rings. The molecule has 4 saturated heterocycles. The van der Waals surface area contributed by atoms with E-state index in [9.17, 15) is 28.8 Å². The second-order valence-corrected chi connectivity index (χ2v) is 20.7. The highest BCUT2D eigenvalue weighted by molar-refractivity contribution is 8.00. The summed E-state index contributed by atoms with van der Waals surface area (Å²) in [5, 5.41) is 11.5. The number of benzene rings is 2. The first kappa shape index (κ1) is 70.3. The Hall–Kier alpha value is -0.920. The molecule has 6 rings (SSSR count). The summed E-state index contributed by atoms with van der Waals surface area (Å²) in [6, 6.07) is 12.7. The number of nitrogens with one attached hydrogen (secondary N) is 4. The van der Waals surface area contributed by atoms with Crippen molar-refractivity contribution in [3.63, 3.8) is 0 Å². The largest absolute Gasteiger partial charge is 0.343 e. The predicted molar refractivity (Wildman–Crippen MR) is 317 cm³/mol. The Balaban J connectivity index is -0.00000512. The topological polar surface area (TPSA) is 157 Å². The van der Waals surface area contributed by atoms with Gasteiger partial charge < -0.3 is 31.1 Å². The normalized spacial score (nSPS) is 23.9. The molecule has 8 atom stereocenters. The minimum Gasteiger partial charge on any atom is -0.343 e. The van der Waals surface area contributed by atoms with Gasteiger partial charge >= 0.3 is 0 Å². The number of nitrogens with zero attached hydrogens (tertiary/aromatic N) is 2. The Morgan fingerprint density at radius 2 is 0.866 bits per heavy atom. The van der Waals surface area contributed by atoms with Gasteiger partial charge in [-0.1, -0.05) is 76.2 Å². The van der Waals surface area contributed by atoms with E-state index in [4.69, 9.17) is 0 Å². The van der Waals surface area contributed by atoms with Crippen LogP contribution in [0, 0.1) is 10.8 Å². The third-order valence-corrected chi connectivity index (χ3v) is 15.2. The molecule has 22 heteroatoms. The lowest BCUT2D eigenvalue weighted by molar-refractivity contribution is -0.142. The second kappa shape index (κ2) is 30.2. The Morgan fingerprint density at radius 3 is 1.16 bits per heavy atom. The van der Waals surface area contributed by atoms with Crippen LogP contribution in [0.15, 0.2) is 48.5 Å². The quantitative estimate of drug-likeness (QED) is 0.208. The third-order valence-electron chi connectivity index (χ3n) is 12.7. The zero-order valence-corrected chi connectivity index (χ0v) is 49.4. The van der Waals surface area contributed by atoms with Crippen LogP contribution in [0.4, 0.5) is 0 Å². The van der Waals surface area contributed by atoms with E-state index >= 15 is 0 Å². The van der Waals surface area contributed by atoms with Crippen LogP contribution in [0.1, 0.15) is 89.5 Å². The first-order valence-electron chi connectivity index (χ1n) is 21.0. The number of fused-ring (bicyclic) bond motifs is 2. The van der Waals surface area contributed by atoms with Gasteiger partial charge in [-0.2, -0.15) is 108 Å². The molecule has 67 heavy (non-hydrogen) atoms. The van der Waals surface area contributed by atoms with E-state index in [1.807, 2.05) is 48.5 Å². The highest BCUT2D eigenvalue weighted by Crippen LogP contribution is 2.48. The fraction of sp³-hybridized carbons (Fsp3) is 0.600. The lowest BCUT2D eigenvalue weighted by Gasteiger charge is -2.34. The number of thioether (sulfide) groups is 2. The van der Waals surface area contributed by atoms with E-state index in [-0.39, 0.29) is 167 Å². The molecular formula is C45H78N6O6S10. The molecule has 4 N–H and O–H groups in total. The molecule has 2 aromatic rings. The smallest absolute Gasteiger partial charge is 0.246 e. The van der Waals surface area contributed by atoms with Crippen LogP contribution in [0.3, 0.4) is 0 Å². The van der Waals surface area contributed by atoms with E-state index in [1.54, 1.807) is 61.3 Å². The molecule has 0 unspecified atom stereocenters. The minimum atomic E-state index is -0.660. The highest BCUT2D eigenvalue weighted by Gasteiger charge is 2.55. The van der Waals surface area contributed by atoms with Crippen molar-refractivity contribution in [2.45, 2.75) is 133 Å². The first-order valence-corrected chi connectivity index (χ1v) is 23.1. The Morgan fingerprint density at radius 1 is 0.567 bits per heavy atom. The van der Waals surface area contributed by atoms with Gasteiger partial charge in [0.1, 0.15) is 12.1 Å². The highest BCUT2D eigenvalue weighted by atomic mass is 32.2. The third kappa shape index (κ3) is 16.6. The standard InChI is InChI=1S/C45H62N6O6S2.8H2S/c1-26(46-7)40(54)48-32-17-19-58-36-24-44(3,4)38(50(36)42(32)56)34(52)22-30-13-9-28(10-14-30)21-29-11-15-31(16-12-29)23-35(53)39-45(5,6)25-37-51(39)43(57)33(18-20-59-37)49-41(55)27(2)47-8;;;;;;;;/h9-16,26-27,32-33,36-39,46-47H,17-25H2,1-8H3,(H,48,54)(H,49,55);8*1H2/t26-,27-,32-,33-,36-,37-,38+,39+;;;;;;;;/m0......../s1. The molecule has 12 nitrogen and oxygen atoms in total. The summed E-state index contributed by atoms with van der Waals surface area (Å²) in [5.74, 6) is 0.646. The van der Waals surface area contributed by atoms with Crippen molar-refractivity contribution >= 4 is 167 Å². The van der Waals surface area contributed by atoms with Crippen molar-refractivity contribution in [1.29, 1.82) is 0 Å². The Bertz CT molecular complexity index is 1800. The van der Waals surface area contributed by atoms with E-state index < -0.39 is 47.1 Å². The van der Waals surface area contributed by atoms with E-state index in [1.165, 1.54) is 0 Å². The maximum Gasteiger partial charge on any atom is 0.246 e. The number of Topliss-reactive ketones (excluding diaryl/α,β-unsaturated/α-hetero) is 2. The van der Waals surface area contributed by atoms with Crippen LogP contribution in [0.5, 0.6) is 0 Å². The van der Waals surface area contributed by atoms with E-state index in [0.29, 0.717) is 32.1 Å². The Kier molecular flexibility index (Phi) is 31.7. The second-order valence-electron chi connectivity index (χ2n) is 18.1. The first-order chi connectivity index (χ1) is 27.9. The molecule has 2 aromatic carbocycles. The van der Waals surface area contributed by atoms with Gasteiger partial charge in [0, 0.05) is 12.8 Å². The van der Waals surface area contributed by atoms with Crippen molar-refractivity contribution in [1.82, 2.24) is 31.1 Å². The molecule has 4 fully saturated rings. The van der Waals surface area contributed by atoms with Crippen LogP contribution in [-0.2, 0) is 48.0 Å². The van der Waals surface area contributed by atoms with Crippen molar-refractivity contribution in [3.8, 4) is 0 Å². The summed E-state index contributed by atoms with van der Waals surface area (Å²) < 4.78 is 0. The van der Waals surface area contributed by atoms with Crippen LogP contribution < -0.4 is 21.3 Å². The fourth-order valence-corrected chi connectivity index (χ4v) is 12.3. The zero-order chi connectivity index (χ0) is 42.8. The van der Waals surface area contributed by atoms with E-state index in [2.05, 4.69) is 49.0 Å². The molecule has 4 aliphatic heterocycles. The molecule has 0 radical (unpaired) electrons. The van der Waals surface area contributed by atoms with Crippen molar-refractivity contribution < 1.29 is 28.8 Å².